The van der Waals surface area contributed by atoms with Crippen LogP contribution < -0.4 is 5.32 Å². The highest BCUT2D eigenvalue weighted by molar-refractivity contribution is 4.84. The van der Waals surface area contributed by atoms with Crippen LogP contribution in [0.2, 0.25) is 0 Å². The first-order valence-corrected chi connectivity index (χ1v) is 6.29. The van der Waals surface area contributed by atoms with Crippen LogP contribution in [0.15, 0.2) is 0 Å². The van der Waals surface area contributed by atoms with Gasteiger partial charge in [0, 0.05) is 18.6 Å². The van der Waals surface area contributed by atoms with Crippen molar-refractivity contribution in [1.29, 1.82) is 0 Å². The van der Waals surface area contributed by atoms with Crippen molar-refractivity contribution in [1.82, 2.24) is 10.2 Å². The van der Waals surface area contributed by atoms with Crippen LogP contribution >= 0.6 is 0 Å². The largest absolute Gasteiger partial charge is 0.315 e. The summed E-state index contributed by atoms with van der Waals surface area (Å²) in [6.45, 7) is 10.4. The first kappa shape index (κ1) is 12.0. The molecule has 2 atom stereocenters. The predicted octanol–water partition coefficient (Wildman–Crippen LogP) is 2.25. The molecule has 0 aliphatic carbocycles. The number of rotatable bonds is 6. The molecule has 1 aliphatic rings. The second-order valence-electron chi connectivity index (χ2n) is 4.31. The zero-order valence-electron chi connectivity index (χ0n) is 10.1. The number of likely N-dealkylation sites (N-methyl/N-ethyl adjacent to an activating group) is 1. The molecular weight excluding hydrogens is 172 g/mol. The highest BCUT2D eigenvalue weighted by atomic mass is 15.2. The zero-order valence-corrected chi connectivity index (χ0v) is 10.1. The van der Waals surface area contributed by atoms with Crippen molar-refractivity contribution in [2.45, 2.75) is 58.5 Å². The van der Waals surface area contributed by atoms with E-state index in [2.05, 4.69) is 31.0 Å². The molecule has 0 aromatic rings. The summed E-state index contributed by atoms with van der Waals surface area (Å²) in [5.41, 5.74) is 0. The van der Waals surface area contributed by atoms with E-state index in [4.69, 9.17) is 0 Å². The Labute approximate surface area is 89.1 Å². The van der Waals surface area contributed by atoms with Crippen molar-refractivity contribution in [3.05, 3.63) is 0 Å². The second kappa shape index (κ2) is 6.41. The van der Waals surface area contributed by atoms with E-state index in [1.807, 2.05) is 0 Å². The van der Waals surface area contributed by atoms with Gasteiger partial charge in [-0.2, -0.15) is 0 Å². The van der Waals surface area contributed by atoms with Crippen molar-refractivity contribution in [3.8, 4) is 0 Å². The van der Waals surface area contributed by atoms with E-state index >= 15 is 0 Å². The van der Waals surface area contributed by atoms with Crippen LogP contribution in [0.5, 0.6) is 0 Å². The van der Waals surface area contributed by atoms with Gasteiger partial charge in [-0.1, -0.05) is 20.8 Å². The Kier molecular flexibility index (Phi) is 5.49. The van der Waals surface area contributed by atoms with Crippen LogP contribution in [0.3, 0.4) is 0 Å². The van der Waals surface area contributed by atoms with Crippen LogP contribution in [-0.4, -0.2) is 36.6 Å². The molecule has 1 saturated heterocycles. The lowest BCUT2D eigenvalue weighted by molar-refractivity contribution is 0.167. The first-order valence-electron chi connectivity index (χ1n) is 6.29. The molecule has 84 valence electrons. The highest BCUT2D eigenvalue weighted by Crippen LogP contribution is 2.23. The SMILES string of the molecule is CCNCC(CC)N1CCCC1CC. The fourth-order valence-corrected chi connectivity index (χ4v) is 2.58. The van der Waals surface area contributed by atoms with Gasteiger partial charge in [0.1, 0.15) is 0 Å². The Bertz CT molecular complexity index is 147. The van der Waals surface area contributed by atoms with E-state index in [0.29, 0.717) is 0 Å². The maximum Gasteiger partial charge on any atom is 0.0220 e. The fraction of sp³-hybridized carbons (Fsp3) is 1.00. The molecule has 0 saturated carbocycles. The molecule has 2 heteroatoms. The van der Waals surface area contributed by atoms with Crippen molar-refractivity contribution in [2.24, 2.45) is 0 Å². The minimum atomic E-state index is 0.766. The average molecular weight is 198 g/mol. The van der Waals surface area contributed by atoms with Crippen LogP contribution in [0.25, 0.3) is 0 Å². The zero-order chi connectivity index (χ0) is 10.4. The third-order valence-corrected chi connectivity index (χ3v) is 3.46. The summed E-state index contributed by atoms with van der Waals surface area (Å²) in [6, 6.07) is 1.63. The van der Waals surface area contributed by atoms with Gasteiger partial charge < -0.3 is 5.32 Å². The van der Waals surface area contributed by atoms with E-state index in [-0.39, 0.29) is 0 Å². The van der Waals surface area contributed by atoms with Gasteiger partial charge in [0.2, 0.25) is 0 Å². The fourth-order valence-electron chi connectivity index (χ4n) is 2.58. The van der Waals surface area contributed by atoms with Crippen LogP contribution in [0.4, 0.5) is 0 Å². The quantitative estimate of drug-likeness (QED) is 0.704. The Morgan fingerprint density at radius 2 is 2.14 bits per heavy atom. The van der Waals surface area contributed by atoms with E-state index in [0.717, 1.165) is 18.6 Å². The van der Waals surface area contributed by atoms with E-state index in [9.17, 15) is 0 Å². The van der Waals surface area contributed by atoms with Crippen LogP contribution in [-0.2, 0) is 0 Å². The summed E-state index contributed by atoms with van der Waals surface area (Å²) in [5.74, 6) is 0. The molecule has 1 aliphatic heterocycles. The first-order chi connectivity index (χ1) is 6.83. The minimum absolute atomic E-state index is 0.766. The van der Waals surface area contributed by atoms with Gasteiger partial charge in [0.05, 0.1) is 0 Å². The van der Waals surface area contributed by atoms with E-state index in [1.165, 1.54) is 38.8 Å². The van der Waals surface area contributed by atoms with Crippen LogP contribution in [0.1, 0.15) is 46.5 Å². The molecule has 0 aromatic carbocycles. The van der Waals surface area contributed by atoms with Gasteiger partial charge in [0.25, 0.3) is 0 Å². The summed E-state index contributed by atoms with van der Waals surface area (Å²) in [4.78, 5) is 2.72. The lowest BCUT2D eigenvalue weighted by Gasteiger charge is -2.32. The van der Waals surface area contributed by atoms with Gasteiger partial charge in [0.15, 0.2) is 0 Å². The molecule has 1 N–H and O–H groups in total. The molecule has 0 bridgehead atoms. The van der Waals surface area contributed by atoms with Crippen molar-refractivity contribution < 1.29 is 0 Å². The Balaban J connectivity index is 2.41. The number of likely N-dealkylation sites (tertiary alicyclic amines) is 1. The lowest BCUT2D eigenvalue weighted by atomic mass is 10.1. The monoisotopic (exact) mass is 198 g/mol. The Morgan fingerprint density at radius 1 is 1.36 bits per heavy atom. The van der Waals surface area contributed by atoms with Crippen molar-refractivity contribution in [2.75, 3.05) is 19.6 Å². The number of hydrogen-bond acceptors (Lipinski definition) is 2. The van der Waals surface area contributed by atoms with Gasteiger partial charge >= 0.3 is 0 Å². The predicted molar refractivity (Wildman–Crippen MR) is 62.6 cm³/mol. The lowest BCUT2D eigenvalue weighted by Crippen LogP contribution is -2.44. The summed E-state index contributed by atoms with van der Waals surface area (Å²) >= 11 is 0. The topological polar surface area (TPSA) is 15.3 Å². The van der Waals surface area contributed by atoms with Crippen molar-refractivity contribution >= 4 is 0 Å². The third kappa shape index (κ3) is 2.96. The second-order valence-corrected chi connectivity index (χ2v) is 4.31. The number of nitrogens with zero attached hydrogens (tertiary/aromatic N) is 1. The normalized spacial score (nSPS) is 25.5. The molecule has 2 unspecified atom stereocenters. The molecule has 1 fully saturated rings. The van der Waals surface area contributed by atoms with Crippen molar-refractivity contribution in [3.63, 3.8) is 0 Å². The van der Waals surface area contributed by atoms with Gasteiger partial charge in [-0.05, 0) is 38.8 Å². The minimum Gasteiger partial charge on any atom is -0.315 e. The average Bonchev–Trinajstić information content (AvgIpc) is 2.67. The summed E-state index contributed by atoms with van der Waals surface area (Å²) in [7, 11) is 0. The van der Waals surface area contributed by atoms with E-state index in [1.54, 1.807) is 0 Å². The maximum absolute atomic E-state index is 3.48. The number of hydrogen-bond donors (Lipinski definition) is 1. The van der Waals surface area contributed by atoms with Gasteiger partial charge in [-0.25, -0.2) is 0 Å². The molecule has 0 amide bonds. The van der Waals surface area contributed by atoms with E-state index < -0.39 is 0 Å². The molecule has 2 nitrogen and oxygen atoms in total. The Hall–Kier alpha value is -0.0800. The molecule has 14 heavy (non-hydrogen) atoms. The molecular formula is C12H26N2. The maximum atomic E-state index is 3.48. The highest BCUT2D eigenvalue weighted by Gasteiger charge is 2.27. The van der Waals surface area contributed by atoms with Gasteiger partial charge in [-0.3, -0.25) is 4.90 Å². The summed E-state index contributed by atoms with van der Waals surface area (Å²) in [5, 5.41) is 3.48. The number of nitrogens with one attached hydrogen (secondary N) is 1. The smallest absolute Gasteiger partial charge is 0.0220 e. The standard InChI is InChI=1S/C12H26N2/c1-4-11-8-7-9-14(11)12(5-2)10-13-6-3/h11-13H,4-10H2,1-3H3. The third-order valence-electron chi connectivity index (χ3n) is 3.46. The molecule has 1 rings (SSSR count). The Morgan fingerprint density at radius 3 is 2.71 bits per heavy atom. The molecule has 1 heterocycles. The molecule has 0 spiro atoms. The molecule has 0 aromatic heterocycles. The summed E-state index contributed by atoms with van der Waals surface area (Å²) in [6.07, 6.45) is 5.42. The molecule has 0 radical (unpaired) electrons. The summed E-state index contributed by atoms with van der Waals surface area (Å²) < 4.78 is 0. The van der Waals surface area contributed by atoms with Crippen LogP contribution in [0, 0.1) is 0 Å². The van der Waals surface area contributed by atoms with Gasteiger partial charge in [-0.15, -0.1) is 0 Å².